The van der Waals surface area contributed by atoms with Crippen LogP contribution < -0.4 is 0 Å². The fourth-order valence-corrected chi connectivity index (χ4v) is 2.72. The first-order valence-electron chi connectivity index (χ1n) is 6.08. The highest BCUT2D eigenvalue weighted by Crippen LogP contribution is 2.33. The average Bonchev–Trinajstić information content (AvgIpc) is 2.82. The maximum absolute atomic E-state index is 13.9. The molecule has 0 spiro atoms. The van der Waals surface area contributed by atoms with Crippen LogP contribution in [0, 0.1) is 11.6 Å². The average molecular weight is 301 g/mol. The van der Waals surface area contributed by atoms with Gasteiger partial charge in [-0.3, -0.25) is 4.79 Å². The highest BCUT2D eigenvalue weighted by atomic mass is 35.5. The Balaban J connectivity index is 2.14. The Morgan fingerprint density at radius 1 is 1.50 bits per heavy atom. The number of H-pyrrole nitrogens is 1. The Hall–Kier alpha value is -1.66. The molecule has 106 valence electrons. The van der Waals surface area contributed by atoms with Gasteiger partial charge in [-0.25, -0.2) is 8.78 Å². The van der Waals surface area contributed by atoms with E-state index in [-0.39, 0.29) is 12.1 Å². The lowest BCUT2D eigenvalue weighted by atomic mass is 10.0. The molecule has 0 unspecified atom stereocenters. The number of nitrogens with one attached hydrogen (secondary N) is 1. The lowest BCUT2D eigenvalue weighted by molar-refractivity contribution is -0.135. The van der Waals surface area contributed by atoms with E-state index in [0.29, 0.717) is 23.9 Å². The molecule has 2 aromatic rings. The van der Waals surface area contributed by atoms with Gasteiger partial charge < -0.3 is 15.0 Å². The zero-order valence-electron chi connectivity index (χ0n) is 10.3. The Morgan fingerprint density at radius 3 is 2.95 bits per heavy atom. The van der Waals surface area contributed by atoms with E-state index in [2.05, 4.69) is 4.98 Å². The van der Waals surface area contributed by atoms with Crippen LogP contribution in [0.25, 0.3) is 10.9 Å². The van der Waals surface area contributed by atoms with Gasteiger partial charge in [-0.2, -0.15) is 0 Å². The number of carbonyl (C=O) groups excluding carboxylic acids is 1. The second-order valence-electron chi connectivity index (χ2n) is 4.71. The number of rotatable bonds is 1. The second-order valence-corrected chi connectivity index (χ2v) is 5.09. The van der Waals surface area contributed by atoms with Crippen molar-refractivity contribution in [2.45, 2.75) is 13.0 Å². The minimum atomic E-state index is -0.830. The summed E-state index contributed by atoms with van der Waals surface area (Å²) < 4.78 is 27.5. The van der Waals surface area contributed by atoms with E-state index >= 15 is 0 Å². The molecule has 0 radical (unpaired) electrons. The third kappa shape index (κ3) is 1.87. The maximum Gasteiger partial charge on any atom is 0.248 e. The first-order valence-corrected chi connectivity index (χ1v) is 6.46. The van der Waals surface area contributed by atoms with Gasteiger partial charge in [0.15, 0.2) is 5.82 Å². The van der Waals surface area contributed by atoms with Crippen LogP contribution in [0.2, 0.25) is 5.02 Å². The van der Waals surface area contributed by atoms with Crippen LogP contribution in [0.3, 0.4) is 0 Å². The molecule has 1 aliphatic rings. The van der Waals surface area contributed by atoms with E-state index in [4.69, 9.17) is 16.7 Å². The highest BCUT2D eigenvalue weighted by molar-refractivity contribution is 6.31. The minimum Gasteiger partial charge on any atom is -0.387 e. The molecule has 0 fully saturated rings. The normalized spacial score (nSPS) is 14.7. The lowest BCUT2D eigenvalue weighted by Gasteiger charge is -2.26. The summed E-state index contributed by atoms with van der Waals surface area (Å²) in [6, 6.07) is 1.17. The van der Waals surface area contributed by atoms with Gasteiger partial charge in [0.1, 0.15) is 17.4 Å². The van der Waals surface area contributed by atoms with Crippen LogP contribution in [-0.2, 0) is 17.8 Å². The number of fused-ring (bicyclic) bond motifs is 3. The van der Waals surface area contributed by atoms with Crippen molar-refractivity contribution in [1.29, 1.82) is 0 Å². The fraction of sp³-hybridized carbons (Fsp3) is 0.308. The van der Waals surface area contributed by atoms with Crippen molar-refractivity contribution in [1.82, 2.24) is 9.88 Å². The molecule has 0 saturated heterocycles. The molecule has 1 aromatic carbocycles. The van der Waals surface area contributed by atoms with Crippen LogP contribution in [0.5, 0.6) is 0 Å². The summed E-state index contributed by atoms with van der Waals surface area (Å²) in [5, 5.41) is 8.73. The zero-order valence-corrected chi connectivity index (χ0v) is 11.1. The first kappa shape index (κ1) is 13.3. The van der Waals surface area contributed by atoms with E-state index in [1.165, 1.54) is 11.0 Å². The van der Waals surface area contributed by atoms with Crippen LogP contribution >= 0.6 is 11.6 Å². The predicted molar refractivity (Wildman–Crippen MR) is 69.4 cm³/mol. The number of aromatic nitrogens is 1. The van der Waals surface area contributed by atoms with Crippen LogP contribution in [0.15, 0.2) is 6.07 Å². The van der Waals surface area contributed by atoms with Crippen LogP contribution in [0.4, 0.5) is 8.78 Å². The van der Waals surface area contributed by atoms with Gasteiger partial charge in [0.2, 0.25) is 5.91 Å². The second kappa shape index (κ2) is 4.71. The molecule has 4 nitrogen and oxygen atoms in total. The molecular weight excluding hydrogens is 290 g/mol. The smallest absolute Gasteiger partial charge is 0.248 e. The van der Waals surface area contributed by atoms with E-state index in [1.807, 2.05) is 0 Å². The number of carbonyl (C=O) groups is 1. The molecular formula is C13H11ClF2N2O2. The van der Waals surface area contributed by atoms with Crippen molar-refractivity contribution in [2.24, 2.45) is 0 Å². The third-order valence-corrected chi connectivity index (χ3v) is 3.94. The predicted octanol–water partition coefficient (Wildman–Crippen LogP) is 1.98. The number of aliphatic hydroxyl groups is 1. The van der Waals surface area contributed by atoms with Gasteiger partial charge in [0.05, 0.1) is 5.52 Å². The van der Waals surface area contributed by atoms with E-state index in [1.54, 1.807) is 0 Å². The monoisotopic (exact) mass is 300 g/mol. The molecule has 2 N–H and O–H groups in total. The molecule has 0 bridgehead atoms. The summed E-state index contributed by atoms with van der Waals surface area (Å²) in [4.78, 5) is 15.9. The fourth-order valence-electron chi connectivity index (χ4n) is 2.57. The highest BCUT2D eigenvalue weighted by Gasteiger charge is 2.26. The van der Waals surface area contributed by atoms with Crippen molar-refractivity contribution in [3.63, 3.8) is 0 Å². The Kier molecular flexibility index (Phi) is 3.14. The van der Waals surface area contributed by atoms with Gasteiger partial charge in [0, 0.05) is 36.2 Å². The van der Waals surface area contributed by atoms with Gasteiger partial charge in [-0.05, 0) is 6.07 Å². The Labute approximate surface area is 117 Å². The van der Waals surface area contributed by atoms with Crippen molar-refractivity contribution < 1.29 is 18.7 Å². The molecule has 1 aromatic heterocycles. The zero-order chi connectivity index (χ0) is 14.4. The number of nitrogens with zero attached hydrogens (tertiary/aromatic N) is 1. The number of benzene rings is 1. The summed E-state index contributed by atoms with van der Waals surface area (Å²) >= 11 is 5.55. The summed E-state index contributed by atoms with van der Waals surface area (Å²) in [5.41, 5.74) is 1.59. The van der Waals surface area contributed by atoms with E-state index < -0.39 is 29.2 Å². The number of amides is 1. The maximum atomic E-state index is 13.9. The quantitative estimate of drug-likeness (QED) is 0.791. The van der Waals surface area contributed by atoms with Gasteiger partial charge in [0.25, 0.3) is 0 Å². The van der Waals surface area contributed by atoms with Crippen molar-refractivity contribution in [3.05, 3.63) is 34.0 Å². The molecule has 0 saturated carbocycles. The number of hydrogen-bond donors (Lipinski definition) is 2. The van der Waals surface area contributed by atoms with Crippen LogP contribution in [0.1, 0.15) is 11.3 Å². The number of hydrogen-bond acceptors (Lipinski definition) is 2. The minimum absolute atomic E-state index is 0.152. The Morgan fingerprint density at radius 2 is 2.25 bits per heavy atom. The molecule has 2 heterocycles. The van der Waals surface area contributed by atoms with Crippen LogP contribution in [-0.4, -0.2) is 34.0 Å². The van der Waals surface area contributed by atoms with E-state index in [0.717, 1.165) is 5.69 Å². The van der Waals surface area contributed by atoms with Crippen molar-refractivity contribution >= 4 is 28.4 Å². The first-order chi connectivity index (χ1) is 9.52. The largest absolute Gasteiger partial charge is 0.387 e. The molecule has 3 rings (SSSR count). The summed E-state index contributed by atoms with van der Waals surface area (Å²) in [5.74, 6) is -2.06. The molecule has 20 heavy (non-hydrogen) atoms. The summed E-state index contributed by atoms with van der Waals surface area (Å²) in [7, 11) is 0. The summed E-state index contributed by atoms with van der Waals surface area (Å²) in [6.45, 7) is 0.0680. The number of halogens is 3. The number of aliphatic hydroxyl groups excluding tert-OH is 1. The lowest BCUT2D eigenvalue weighted by Crippen LogP contribution is -2.37. The summed E-state index contributed by atoms with van der Waals surface area (Å²) in [6.07, 6.45) is 0.494. The van der Waals surface area contributed by atoms with Gasteiger partial charge in [-0.15, -0.1) is 0 Å². The molecule has 7 heteroatoms. The topological polar surface area (TPSA) is 56.3 Å². The molecule has 0 aliphatic carbocycles. The van der Waals surface area contributed by atoms with Crippen molar-refractivity contribution in [2.75, 3.05) is 13.2 Å². The Bertz CT molecular complexity index is 714. The SMILES string of the molecule is O=C(CO)N1CCc2[nH]c3c(F)c(Cl)c(F)cc3c2C1. The molecule has 0 atom stereocenters. The van der Waals surface area contributed by atoms with Gasteiger partial charge >= 0.3 is 0 Å². The molecule has 1 aliphatic heterocycles. The number of aromatic amines is 1. The van der Waals surface area contributed by atoms with Crippen molar-refractivity contribution in [3.8, 4) is 0 Å². The molecule has 1 amide bonds. The third-order valence-electron chi connectivity index (χ3n) is 3.60. The van der Waals surface area contributed by atoms with E-state index in [9.17, 15) is 13.6 Å². The van der Waals surface area contributed by atoms with Gasteiger partial charge in [-0.1, -0.05) is 11.6 Å². The standard InChI is InChI=1S/C13H11ClF2N2O2/c14-11-8(15)3-6-7-4-18(10(20)5-19)2-1-9(7)17-13(6)12(11)16/h3,17,19H,1-2,4-5H2.